The average molecular weight is 212 g/mol. The average Bonchev–Trinajstić information content (AvgIpc) is 2.17. The molecule has 1 N–H and O–H groups in total. The number of aliphatic hydroxyl groups is 1. The van der Waals surface area contributed by atoms with Crippen LogP contribution in [0.1, 0.15) is 19.8 Å². The molecule has 1 rings (SSSR count). The lowest BCUT2D eigenvalue weighted by molar-refractivity contribution is -0.0773. The maximum Gasteiger partial charge on any atom is 0.0817 e. The second-order valence-corrected chi connectivity index (χ2v) is 4.56. The molecule has 1 unspecified atom stereocenters. The minimum Gasteiger partial charge on any atom is -0.388 e. The molecule has 0 aliphatic carbocycles. The highest BCUT2D eigenvalue weighted by Crippen LogP contribution is 2.21. The zero-order valence-corrected chi connectivity index (χ0v) is 9.57. The number of hydrogen-bond donors (Lipinski definition) is 1. The van der Waals surface area contributed by atoms with Crippen LogP contribution in [0.4, 0.5) is 0 Å². The topological polar surface area (TPSA) is 56.5 Å². The molecule has 1 fully saturated rings. The maximum absolute atomic E-state index is 10.2. The third-order valence-electron chi connectivity index (χ3n) is 2.79. The Morgan fingerprint density at radius 1 is 1.53 bits per heavy atom. The molecule has 0 bridgehead atoms. The summed E-state index contributed by atoms with van der Waals surface area (Å²) in [5.74, 6) is 0.0124. The molecule has 4 heteroatoms. The largest absolute Gasteiger partial charge is 0.388 e. The number of hydrogen-bond acceptors (Lipinski definition) is 4. The number of nitrogens with zero attached hydrogens (tertiary/aromatic N) is 2. The fraction of sp³-hybridized carbons (Fsp3) is 0.909. The molecular formula is C11H20N2O2. The van der Waals surface area contributed by atoms with Crippen molar-refractivity contribution in [2.45, 2.75) is 25.4 Å². The normalized spacial score (nSPS) is 22.3. The van der Waals surface area contributed by atoms with Crippen LogP contribution in [0.25, 0.3) is 0 Å². The second-order valence-electron chi connectivity index (χ2n) is 4.56. The van der Waals surface area contributed by atoms with Crippen molar-refractivity contribution in [1.82, 2.24) is 4.90 Å². The molecule has 4 nitrogen and oxygen atoms in total. The lowest BCUT2D eigenvalue weighted by Crippen LogP contribution is -2.46. The summed E-state index contributed by atoms with van der Waals surface area (Å²) >= 11 is 0. The summed E-state index contributed by atoms with van der Waals surface area (Å²) in [5.41, 5.74) is -0.623. The molecule has 0 radical (unpaired) electrons. The molecule has 1 saturated heterocycles. The van der Waals surface area contributed by atoms with Crippen LogP contribution in [0.2, 0.25) is 0 Å². The van der Waals surface area contributed by atoms with E-state index in [-0.39, 0.29) is 5.92 Å². The van der Waals surface area contributed by atoms with E-state index in [2.05, 4.69) is 6.07 Å². The number of rotatable bonds is 4. The lowest BCUT2D eigenvalue weighted by Gasteiger charge is -2.35. The van der Waals surface area contributed by atoms with Crippen molar-refractivity contribution in [3.63, 3.8) is 0 Å². The first-order valence-electron chi connectivity index (χ1n) is 5.44. The quantitative estimate of drug-likeness (QED) is 0.742. The van der Waals surface area contributed by atoms with Gasteiger partial charge in [0.1, 0.15) is 0 Å². The molecule has 15 heavy (non-hydrogen) atoms. The molecule has 0 saturated carbocycles. The molecular weight excluding hydrogens is 192 g/mol. The summed E-state index contributed by atoms with van der Waals surface area (Å²) in [6.07, 6.45) is 1.39. The molecule has 1 aliphatic heterocycles. The van der Waals surface area contributed by atoms with Gasteiger partial charge in [-0.2, -0.15) is 5.26 Å². The van der Waals surface area contributed by atoms with E-state index in [1.165, 1.54) is 0 Å². The first-order chi connectivity index (χ1) is 7.06. The van der Waals surface area contributed by atoms with Gasteiger partial charge in [-0.3, -0.25) is 0 Å². The Kier molecular flexibility index (Phi) is 4.52. The van der Waals surface area contributed by atoms with Gasteiger partial charge in [0, 0.05) is 39.1 Å². The Hall–Kier alpha value is -0.630. The molecule has 0 aromatic rings. The zero-order valence-electron chi connectivity index (χ0n) is 9.57. The highest BCUT2D eigenvalue weighted by molar-refractivity contribution is 4.86. The molecule has 1 atom stereocenters. The monoisotopic (exact) mass is 212 g/mol. The first-order valence-corrected chi connectivity index (χ1v) is 5.44. The predicted molar refractivity (Wildman–Crippen MR) is 57.3 cm³/mol. The van der Waals surface area contributed by atoms with E-state index in [9.17, 15) is 5.11 Å². The van der Waals surface area contributed by atoms with E-state index in [0.717, 1.165) is 0 Å². The van der Waals surface area contributed by atoms with Crippen molar-refractivity contribution in [2.75, 3.05) is 33.4 Å². The van der Waals surface area contributed by atoms with Crippen molar-refractivity contribution in [1.29, 1.82) is 5.26 Å². The van der Waals surface area contributed by atoms with Gasteiger partial charge in [0.25, 0.3) is 0 Å². The van der Waals surface area contributed by atoms with Crippen LogP contribution < -0.4 is 0 Å². The molecule has 86 valence electrons. The van der Waals surface area contributed by atoms with Gasteiger partial charge in [-0.25, -0.2) is 0 Å². The summed E-state index contributed by atoms with van der Waals surface area (Å²) in [6.45, 7) is 4.50. The zero-order chi connectivity index (χ0) is 11.3. The van der Waals surface area contributed by atoms with Crippen LogP contribution in [0.3, 0.4) is 0 Å². The van der Waals surface area contributed by atoms with E-state index < -0.39 is 5.60 Å². The number of likely N-dealkylation sites (N-methyl/N-ethyl adjacent to an activating group) is 1. The van der Waals surface area contributed by atoms with Crippen molar-refractivity contribution in [2.24, 2.45) is 5.92 Å². The van der Waals surface area contributed by atoms with E-state index in [1.54, 1.807) is 0 Å². The van der Waals surface area contributed by atoms with E-state index in [1.807, 2.05) is 18.9 Å². The summed E-state index contributed by atoms with van der Waals surface area (Å²) in [5, 5.41) is 18.9. The Labute approximate surface area is 91.4 Å². The highest BCUT2D eigenvalue weighted by Gasteiger charge is 2.31. The van der Waals surface area contributed by atoms with Gasteiger partial charge in [0.15, 0.2) is 0 Å². The minimum atomic E-state index is -0.623. The third kappa shape index (κ3) is 4.17. The third-order valence-corrected chi connectivity index (χ3v) is 2.79. The lowest BCUT2D eigenvalue weighted by atomic mass is 9.93. The van der Waals surface area contributed by atoms with Crippen molar-refractivity contribution >= 4 is 0 Å². The van der Waals surface area contributed by atoms with Crippen LogP contribution in [0.15, 0.2) is 0 Å². The van der Waals surface area contributed by atoms with Crippen molar-refractivity contribution in [3.8, 4) is 6.07 Å². The fourth-order valence-corrected chi connectivity index (χ4v) is 1.98. The Morgan fingerprint density at radius 3 is 2.67 bits per heavy atom. The van der Waals surface area contributed by atoms with Crippen LogP contribution in [-0.4, -0.2) is 49.0 Å². The van der Waals surface area contributed by atoms with Crippen LogP contribution in [-0.2, 0) is 4.74 Å². The SMILES string of the molecule is CC(C#N)CN(C)CC1(O)CCOCC1. The molecule has 0 spiro atoms. The summed E-state index contributed by atoms with van der Waals surface area (Å²) in [6, 6.07) is 2.20. The molecule has 1 aliphatic rings. The van der Waals surface area contributed by atoms with E-state index in [0.29, 0.717) is 39.1 Å². The first kappa shape index (κ1) is 12.4. The Bertz CT molecular complexity index is 231. The molecule has 1 heterocycles. The van der Waals surface area contributed by atoms with Crippen LogP contribution >= 0.6 is 0 Å². The predicted octanol–water partition coefficient (Wildman–Crippen LogP) is 0.619. The maximum atomic E-state index is 10.2. The van der Waals surface area contributed by atoms with Gasteiger partial charge in [0.2, 0.25) is 0 Å². The highest BCUT2D eigenvalue weighted by atomic mass is 16.5. The van der Waals surface area contributed by atoms with Crippen LogP contribution in [0.5, 0.6) is 0 Å². The van der Waals surface area contributed by atoms with E-state index in [4.69, 9.17) is 10.00 Å². The van der Waals surface area contributed by atoms with Gasteiger partial charge in [0.05, 0.1) is 17.6 Å². The van der Waals surface area contributed by atoms with Gasteiger partial charge >= 0.3 is 0 Å². The van der Waals surface area contributed by atoms with Gasteiger partial charge in [-0.15, -0.1) is 0 Å². The molecule has 0 amide bonds. The Morgan fingerprint density at radius 2 is 2.13 bits per heavy atom. The van der Waals surface area contributed by atoms with Gasteiger partial charge in [-0.1, -0.05) is 0 Å². The summed E-state index contributed by atoms with van der Waals surface area (Å²) in [4.78, 5) is 2.03. The van der Waals surface area contributed by atoms with Gasteiger partial charge in [-0.05, 0) is 14.0 Å². The minimum absolute atomic E-state index is 0.0124. The summed E-state index contributed by atoms with van der Waals surface area (Å²) in [7, 11) is 1.95. The second kappa shape index (κ2) is 5.45. The number of ether oxygens (including phenoxy) is 1. The standard InChI is InChI=1S/C11H20N2O2/c1-10(7-12)8-13(2)9-11(14)3-5-15-6-4-11/h10,14H,3-6,8-9H2,1-2H3. The molecule has 0 aromatic carbocycles. The van der Waals surface area contributed by atoms with E-state index >= 15 is 0 Å². The molecule has 0 aromatic heterocycles. The summed E-state index contributed by atoms with van der Waals surface area (Å²) < 4.78 is 5.22. The Balaban J connectivity index is 2.36. The van der Waals surface area contributed by atoms with Crippen molar-refractivity contribution in [3.05, 3.63) is 0 Å². The van der Waals surface area contributed by atoms with Crippen molar-refractivity contribution < 1.29 is 9.84 Å². The van der Waals surface area contributed by atoms with Gasteiger partial charge < -0.3 is 14.7 Å². The smallest absolute Gasteiger partial charge is 0.0817 e. The van der Waals surface area contributed by atoms with Crippen LogP contribution in [0, 0.1) is 17.2 Å². The number of nitriles is 1. The fourth-order valence-electron chi connectivity index (χ4n) is 1.98.